The van der Waals surface area contributed by atoms with E-state index in [0.29, 0.717) is 11.0 Å². The van der Waals surface area contributed by atoms with Crippen molar-refractivity contribution in [1.82, 2.24) is 19.5 Å². The first-order chi connectivity index (χ1) is 13.5. The number of aromatic nitrogens is 4. The molecule has 4 rings (SSSR count). The molecule has 138 valence electrons. The number of para-hydroxylation sites is 2. The van der Waals surface area contributed by atoms with Crippen LogP contribution in [0.5, 0.6) is 0 Å². The molecule has 0 saturated carbocycles. The summed E-state index contributed by atoms with van der Waals surface area (Å²) in [5, 5.41) is 8.29. The SMILES string of the molecule is Cc1ccc(S(=O)(=O)C(C#N)c2nc3ccccc3nc2-n2ccnc2)cc1. The first-order valence-corrected chi connectivity index (χ1v) is 10.0. The third-order valence-corrected chi connectivity index (χ3v) is 6.23. The topological polar surface area (TPSA) is 102 Å². The average Bonchev–Trinajstić information content (AvgIpc) is 3.23. The Bertz CT molecular complexity index is 1290. The highest BCUT2D eigenvalue weighted by Gasteiger charge is 2.34. The van der Waals surface area contributed by atoms with E-state index in [0.717, 1.165) is 5.56 Å². The maximum absolute atomic E-state index is 13.2. The molecule has 8 heteroatoms. The second-order valence-electron chi connectivity index (χ2n) is 6.26. The van der Waals surface area contributed by atoms with Crippen LogP contribution in [0.4, 0.5) is 0 Å². The molecule has 28 heavy (non-hydrogen) atoms. The quantitative estimate of drug-likeness (QED) is 0.531. The minimum Gasteiger partial charge on any atom is -0.289 e. The highest BCUT2D eigenvalue weighted by atomic mass is 32.2. The minimum atomic E-state index is -4.00. The average molecular weight is 389 g/mol. The van der Waals surface area contributed by atoms with Gasteiger partial charge in [0.25, 0.3) is 0 Å². The fourth-order valence-electron chi connectivity index (χ4n) is 2.90. The number of fused-ring (bicyclic) bond motifs is 1. The van der Waals surface area contributed by atoms with Crippen LogP contribution in [-0.4, -0.2) is 27.9 Å². The van der Waals surface area contributed by atoms with E-state index < -0.39 is 15.1 Å². The number of nitrogens with zero attached hydrogens (tertiary/aromatic N) is 5. The fourth-order valence-corrected chi connectivity index (χ4v) is 4.27. The van der Waals surface area contributed by atoms with Crippen LogP contribution in [0, 0.1) is 18.3 Å². The molecule has 0 fully saturated rings. The molecule has 1 unspecified atom stereocenters. The minimum absolute atomic E-state index is 0.0659. The molecule has 0 bridgehead atoms. The summed E-state index contributed by atoms with van der Waals surface area (Å²) < 4.78 is 28.0. The molecule has 0 amide bonds. The zero-order chi connectivity index (χ0) is 19.7. The zero-order valence-corrected chi connectivity index (χ0v) is 15.7. The molecule has 0 aliphatic heterocycles. The largest absolute Gasteiger partial charge is 0.289 e. The number of hydrogen-bond donors (Lipinski definition) is 0. The Morgan fingerprint density at radius 1 is 1.04 bits per heavy atom. The molecule has 2 heterocycles. The summed E-state index contributed by atoms with van der Waals surface area (Å²) in [6.45, 7) is 1.87. The summed E-state index contributed by atoms with van der Waals surface area (Å²) in [4.78, 5) is 13.1. The zero-order valence-electron chi connectivity index (χ0n) is 14.9. The first-order valence-electron chi connectivity index (χ1n) is 8.46. The van der Waals surface area contributed by atoms with Crippen molar-refractivity contribution in [3.05, 3.63) is 78.5 Å². The Hall–Kier alpha value is -3.57. The molecule has 0 spiro atoms. The van der Waals surface area contributed by atoms with Crippen molar-refractivity contribution in [1.29, 1.82) is 5.26 Å². The molecular weight excluding hydrogens is 374 g/mol. The maximum atomic E-state index is 13.2. The van der Waals surface area contributed by atoms with Crippen molar-refractivity contribution in [2.75, 3.05) is 0 Å². The van der Waals surface area contributed by atoms with Crippen LogP contribution in [-0.2, 0) is 9.84 Å². The summed E-state index contributed by atoms with van der Waals surface area (Å²) >= 11 is 0. The lowest BCUT2D eigenvalue weighted by atomic mass is 10.2. The predicted octanol–water partition coefficient (Wildman–Crippen LogP) is 3.16. The molecule has 2 aromatic heterocycles. The van der Waals surface area contributed by atoms with E-state index >= 15 is 0 Å². The molecule has 0 radical (unpaired) electrons. The summed E-state index contributed by atoms with van der Waals surface area (Å²) in [5.74, 6) is 0.262. The highest BCUT2D eigenvalue weighted by molar-refractivity contribution is 7.92. The van der Waals surface area contributed by atoms with Crippen molar-refractivity contribution in [3.63, 3.8) is 0 Å². The molecule has 2 aromatic carbocycles. The first kappa shape index (κ1) is 17.8. The van der Waals surface area contributed by atoms with Crippen molar-refractivity contribution < 1.29 is 8.42 Å². The number of benzene rings is 2. The van der Waals surface area contributed by atoms with E-state index in [4.69, 9.17) is 0 Å². The van der Waals surface area contributed by atoms with Crippen molar-refractivity contribution >= 4 is 20.9 Å². The second kappa shape index (κ2) is 6.87. The number of hydrogen-bond acceptors (Lipinski definition) is 6. The van der Waals surface area contributed by atoms with Gasteiger partial charge in [-0.15, -0.1) is 0 Å². The Morgan fingerprint density at radius 2 is 1.71 bits per heavy atom. The van der Waals surface area contributed by atoms with Gasteiger partial charge in [0.15, 0.2) is 11.1 Å². The lowest BCUT2D eigenvalue weighted by Gasteiger charge is -2.15. The van der Waals surface area contributed by atoms with E-state index in [9.17, 15) is 13.7 Å². The Morgan fingerprint density at radius 3 is 2.32 bits per heavy atom. The Labute approximate surface area is 161 Å². The van der Waals surface area contributed by atoms with Gasteiger partial charge in [-0.1, -0.05) is 29.8 Å². The number of nitriles is 1. The fraction of sp³-hybridized carbons (Fsp3) is 0.100. The van der Waals surface area contributed by atoms with Gasteiger partial charge in [0.05, 0.1) is 22.0 Å². The van der Waals surface area contributed by atoms with Gasteiger partial charge in [-0.05, 0) is 31.2 Å². The van der Waals surface area contributed by atoms with Gasteiger partial charge >= 0.3 is 0 Å². The number of aryl methyl sites for hydroxylation is 1. The summed E-state index contributed by atoms with van der Waals surface area (Å²) in [6, 6.07) is 15.4. The van der Waals surface area contributed by atoms with Gasteiger partial charge in [-0.3, -0.25) is 4.57 Å². The molecule has 0 N–H and O–H groups in total. The normalized spacial score (nSPS) is 12.6. The van der Waals surface area contributed by atoms with Crippen LogP contribution in [0.1, 0.15) is 16.5 Å². The molecule has 0 aliphatic carbocycles. The summed E-state index contributed by atoms with van der Waals surface area (Å²) in [6.07, 6.45) is 4.68. The van der Waals surface area contributed by atoms with Crippen LogP contribution < -0.4 is 0 Å². The smallest absolute Gasteiger partial charge is 0.200 e. The van der Waals surface area contributed by atoms with Gasteiger partial charge in [0.1, 0.15) is 12.0 Å². The maximum Gasteiger partial charge on any atom is 0.200 e. The summed E-state index contributed by atoms with van der Waals surface area (Å²) in [7, 11) is -4.00. The monoisotopic (exact) mass is 389 g/mol. The third-order valence-electron chi connectivity index (χ3n) is 4.35. The van der Waals surface area contributed by atoms with Crippen LogP contribution in [0.25, 0.3) is 16.9 Å². The Kier molecular flexibility index (Phi) is 4.37. The highest BCUT2D eigenvalue weighted by Crippen LogP contribution is 2.31. The lowest BCUT2D eigenvalue weighted by molar-refractivity contribution is 0.590. The van der Waals surface area contributed by atoms with Crippen LogP contribution in [0.3, 0.4) is 0 Å². The van der Waals surface area contributed by atoms with E-state index in [1.54, 1.807) is 47.3 Å². The van der Waals surface area contributed by atoms with E-state index in [1.165, 1.54) is 18.5 Å². The standard InChI is InChI=1S/C20H15N5O2S/c1-14-6-8-15(9-7-14)28(26,27)18(12-21)19-20(25-11-10-22-13-25)24-17-5-3-2-4-16(17)23-19/h2-11,13,18H,1H3. The number of imidazole rings is 1. The Balaban J connectivity index is 1.96. The van der Waals surface area contributed by atoms with Gasteiger partial charge in [-0.2, -0.15) is 5.26 Å². The lowest BCUT2D eigenvalue weighted by Crippen LogP contribution is -2.17. The molecule has 0 aliphatic rings. The van der Waals surface area contributed by atoms with Crippen molar-refractivity contribution in [2.45, 2.75) is 17.1 Å². The van der Waals surface area contributed by atoms with Crippen molar-refractivity contribution in [3.8, 4) is 11.9 Å². The van der Waals surface area contributed by atoms with Crippen LogP contribution in [0.2, 0.25) is 0 Å². The molecule has 0 saturated heterocycles. The number of sulfone groups is 1. The predicted molar refractivity (Wildman–Crippen MR) is 103 cm³/mol. The molecular formula is C20H15N5O2S. The van der Waals surface area contributed by atoms with Gasteiger partial charge in [0, 0.05) is 12.4 Å². The molecule has 7 nitrogen and oxygen atoms in total. The second-order valence-corrected chi connectivity index (χ2v) is 8.29. The van der Waals surface area contributed by atoms with Gasteiger partial charge in [0.2, 0.25) is 9.84 Å². The van der Waals surface area contributed by atoms with Gasteiger partial charge < -0.3 is 0 Å². The summed E-state index contributed by atoms with van der Waals surface area (Å²) in [5.41, 5.74) is 2.11. The third kappa shape index (κ3) is 3.02. The van der Waals surface area contributed by atoms with Crippen molar-refractivity contribution in [2.24, 2.45) is 0 Å². The molecule has 1 atom stereocenters. The van der Waals surface area contributed by atoms with Crippen LogP contribution in [0.15, 0.2) is 72.1 Å². The number of rotatable bonds is 4. The van der Waals surface area contributed by atoms with E-state index in [-0.39, 0.29) is 16.4 Å². The van der Waals surface area contributed by atoms with E-state index in [1.807, 2.05) is 19.1 Å². The van der Waals surface area contributed by atoms with Crippen LogP contribution >= 0.6 is 0 Å². The molecule has 4 aromatic rings. The van der Waals surface area contributed by atoms with E-state index in [2.05, 4.69) is 15.0 Å². The van der Waals surface area contributed by atoms with Gasteiger partial charge in [-0.25, -0.2) is 23.4 Å².